The largest absolute Gasteiger partial charge is 0.320 e. The first-order valence-corrected chi connectivity index (χ1v) is 11.7. The van der Waals surface area contributed by atoms with Gasteiger partial charge in [0, 0.05) is 12.5 Å². The number of hydrazone groups is 1. The van der Waals surface area contributed by atoms with Crippen LogP contribution in [0.25, 0.3) is 6.08 Å². The molecule has 2 aromatic carbocycles. The maximum atomic E-state index is 13.7. The van der Waals surface area contributed by atoms with Gasteiger partial charge >= 0.3 is 11.6 Å². The molecule has 0 saturated heterocycles. The van der Waals surface area contributed by atoms with Gasteiger partial charge in [-0.3, -0.25) is 19.6 Å². The van der Waals surface area contributed by atoms with Crippen LogP contribution in [0.2, 0.25) is 0 Å². The minimum absolute atomic E-state index is 0.188. The molecule has 1 fully saturated rings. The molecular weight excluding hydrogens is 468 g/mol. The molecule has 1 aliphatic heterocycles. The van der Waals surface area contributed by atoms with Gasteiger partial charge in [-0.1, -0.05) is 24.3 Å². The molecule has 2 atom stereocenters. The zero-order valence-corrected chi connectivity index (χ0v) is 19.5. The van der Waals surface area contributed by atoms with Crippen molar-refractivity contribution in [2.24, 2.45) is 11.0 Å². The molecule has 1 amide bonds. The van der Waals surface area contributed by atoms with Gasteiger partial charge in [-0.15, -0.1) is 0 Å². The Balaban J connectivity index is 1.60. The number of hydrogen-bond acceptors (Lipinski definition) is 5. The lowest BCUT2D eigenvalue weighted by atomic mass is 9.77. The third-order valence-corrected chi connectivity index (χ3v) is 6.60. The standard InChI is InChI=1S/C26H23F2N5O3/c1-2-31-15-22(33(35)36)24(29-31)26(34)32-25(17-8-12-20(28)13-9-17)21-5-3-4-18(23(21)30-32)14-16-6-10-19(27)11-7-16/h6-15,21,25H,2-5H2,1H3/b18-14+/t21-,25+/m1/s1. The van der Waals surface area contributed by atoms with Crippen LogP contribution in [0.1, 0.15) is 53.8 Å². The number of carbonyl (C=O) groups excluding carboxylic acids is 1. The molecule has 3 aromatic rings. The molecule has 36 heavy (non-hydrogen) atoms. The van der Waals surface area contributed by atoms with Crippen LogP contribution in [-0.2, 0) is 6.54 Å². The summed E-state index contributed by atoms with van der Waals surface area (Å²) in [6.45, 7) is 2.13. The molecule has 8 nitrogen and oxygen atoms in total. The number of fused-ring (bicyclic) bond motifs is 1. The summed E-state index contributed by atoms with van der Waals surface area (Å²) in [6, 6.07) is 11.4. The third kappa shape index (κ3) is 4.30. The fraction of sp³-hybridized carbons (Fsp3) is 0.269. The monoisotopic (exact) mass is 491 g/mol. The van der Waals surface area contributed by atoms with E-state index in [0.717, 1.165) is 30.4 Å². The average Bonchev–Trinajstić information content (AvgIpc) is 3.49. The molecule has 1 aliphatic carbocycles. The van der Waals surface area contributed by atoms with Crippen molar-refractivity contribution in [3.63, 3.8) is 0 Å². The van der Waals surface area contributed by atoms with Crippen molar-refractivity contribution < 1.29 is 18.5 Å². The molecule has 1 saturated carbocycles. The molecule has 0 radical (unpaired) electrons. The fourth-order valence-electron chi connectivity index (χ4n) is 4.89. The quantitative estimate of drug-likeness (QED) is 0.347. The minimum Gasteiger partial charge on any atom is -0.265 e. The van der Waals surface area contributed by atoms with Gasteiger partial charge < -0.3 is 0 Å². The van der Waals surface area contributed by atoms with Crippen molar-refractivity contribution in [3.05, 3.63) is 98.9 Å². The van der Waals surface area contributed by atoms with Gasteiger partial charge in [0.15, 0.2) is 0 Å². The molecule has 0 N–H and O–H groups in total. The van der Waals surface area contributed by atoms with Crippen molar-refractivity contribution in [2.45, 2.75) is 38.8 Å². The zero-order chi connectivity index (χ0) is 25.4. The summed E-state index contributed by atoms with van der Waals surface area (Å²) in [6.07, 6.45) is 5.44. The molecule has 0 spiro atoms. The van der Waals surface area contributed by atoms with Crippen molar-refractivity contribution in [1.29, 1.82) is 0 Å². The molecule has 1 aromatic heterocycles. The zero-order valence-electron chi connectivity index (χ0n) is 19.5. The Morgan fingerprint density at radius 1 is 1.14 bits per heavy atom. The summed E-state index contributed by atoms with van der Waals surface area (Å²) in [5.41, 5.74) is 2.40. The van der Waals surface area contributed by atoms with Crippen molar-refractivity contribution in [1.82, 2.24) is 14.8 Å². The molecule has 2 heterocycles. The highest BCUT2D eigenvalue weighted by molar-refractivity contribution is 6.09. The first-order chi connectivity index (χ1) is 17.4. The van der Waals surface area contributed by atoms with E-state index in [9.17, 15) is 23.7 Å². The highest BCUT2D eigenvalue weighted by atomic mass is 19.1. The lowest BCUT2D eigenvalue weighted by Crippen LogP contribution is -2.32. The van der Waals surface area contributed by atoms with Gasteiger partial charge in [-0.2, -0.15) is 10.2 Å². The fourth-order valence-corrected chi connectivity index (χ4v) is 4.89. The summed E-state index contributed by atoms with van der Waals surface area (Å²) >= 11 is 0. The lowest BCUT2D eigenvalue weighted by molar-refractivity contribution is -0.385. The van der Waals surface area contributed by atoms with Crippen LogP contribution in [0, 0.1) is 27.7 Å². The number of aromatic nitrogens is 2. The Hall–Kier alpha value is -4.21. The van der Waals surface area contributed by atoms with Crippen LogP contribution in [0.3, 0.4) is 0 Å². The number of allylic oxidation sites excluding steroid dienone is 1. The van der Waals surface area contributed by atoms with Gasteiger partial charge in [0.2, 0.25) is 5.69 Å². The number of nitro groups is 1. The molecule has 0 unspecified atom stereocenters. The van der Waals surface area contributed by atoms with E-state index >= 15 is 0 Å². The number of amides is 1. The molecule has 0 bridgehead atoms. The topological polar surface area (TPSA) is 93.6 Å². The molecule has 10 heteroatoms. The number of aryl methyl sites for hydroxylation is 1. The minimum atomic E-state index is -0.689. The molecule has 2 aliphatic rings. The summed E-state index contributed by atoms with van der Waals surface area (Å²) < 4.78 is 28.4. The number of rotatable bonds is 5. The van der Waals surface area contributed by atoms with Crippen LogP contribution in [0.5, 0.6) is 0 Å². The Morgan fingerprint density at radius 3 is 2.44 bits per heavy atom. The Morgan fingerprint density at radius 2 is 1.81 bits per heavy atom. The highest BCUT2D eigenvalue weighted by Crippen LogP contribution is 2.45. The maximum Gasteiger partial charge on any atom is 0.320 e. The summed E-state index contributed by atoms with van der Waals surface area (Å²) in [5.74, 6) is -1.62. The highest BCUT2D eigenvalue weighted by Gasteiger charge is 2.45. The number of hydrogen-bond donors (Lipinski definition) is 0. The van der Waals surface area contributed by atoms with E-state index in [1.807, 2.05) is 6.08 Å². The second-order valence-corrected chi connectivity index (χ2v) is 8.83. The SMILES string of the molecule is CCn1cc([N+](=O)[O-])c(C(=O)N2N=C3/C(=C/c4ccc(F)cc4)CCC[C@H]3[C@@H]2c2ccc(F)cc2)n1. The number of halogens is 2. The molecule has 184 valence electrons. The van der Waals surface area contributed by atoms with E-state index in [1.165, 1.54) is 40.2 Å². The Labute approximate surface area is 205 Å². The van der Waals surface area contributed by atoms with Crippen LogP contribution < -0.4 is 0 Å². The van der Waals surface area contributed by atoms with E-state index in [1.54, 1.807) is 31.2 Å². The van der Waals surface area contributed by atoms with Crippen LogP contribution >= 0.6 is 0 Å². The summed E-state index contributed by atoms with van der Waals surface area (Å²) in [4.78, 5) is 24.7. The van der Waals surface area contributed by atoms with E-state index in [-0.39, 0.29) is 17.4 Å². The van der Waals surface area contributed by atoms with Crippen LogP contribution in [-0.4, -0.2) is 31.3 Å². The van der Waals surface area contributed by atoms with Crippen molar-refractivity contribution in [2.75, 3.05) is 0 Å². The van der Waals surface area contributed by atoms with Crippen molar-refractivity contribution >= 4 is 23.4 Å². The van der Waals surface area contributed by atoms with Gasteiger partial charge in [0.05, 0.1) is 16.7 Å². The molecular formula is C26H23F2N5O3. The van der Waals surface area contributed by atoms with Gasteiger partial charge in [0.1, 0.15) is 17.8 Å². The van der Waals surface area contributed by atoms with Crippen LogP contribution in [0.15, 0.2) is 65.4 Å². The molecule has 5 rings (SSSR count). The third-order valence-electron chi connectivity index (χ3n) is 6.60. The normalized spacial score (nSPS) is 20.4. The first-order valence-electron chi connectivity index (χ1n) is 11.7. The second kappa shape index (κ2) is 9.44. The maximum absolute atomic E-state index is 13.7. The summed E-state index contributed by atoms with van der Waals surface area (Å²) in [5, 5.41) is 21.8. The van der Waals surface area contributed by atoms with Crippen LogP contribution in [0.4, 0.5) is 14.5 Å². The number of nitrogens with zero attached hydrogens (tertiary/aromatic N) is 5. The van der Waals surface area contributed by atoms with E-state index in [4.69, 9.17) is 0 Å². The lowest BCUT2D eigenvalue weighted by Gasteiger charge is -2.29. The number of carbonyl (C=O) groups is 1. The van der Waals surface area contributed by atoms with Gasteiger partial charge in [-0.05, 0) is 73.2 Å². The average molecular weight is 491 g/mol. The predicted octanol–water partition coefficient (Wildman–Crippen LogP) is 5.53. The summed E-state index contributed by atoms with van der Waals surface area (Å²) in [7, 11) is 0. The van der Waals surface area contributed by atoms with E-state index in [0.29, 0.717) is 17.8 Å². The Bertz CT molecular complexity index is 1380. The second-order valence-electron chi connectivity index (χ2n) is 8.83. The Kier molecular flexibility index (Phi) is 6.17. The predicted molar refractivity (Wildman–Crippen MR) is 129 cm³/mol. The smallest absolute Gasteiger partial charge is 0.265 e. The van der Waals surface area contributed by atoms with E-state index in [2.05, 4.69) is 10.2 Å². The van der Waals surface area contributed by atoms with Gasteiger partial charge in [-0.25, -0.2) is 13.8 Å². The van der Waals surface area contributed by atoms with Crippen molar-refractivity contribution in [3.8, 4) is 0 Å². The van der Waals surface area contributed by atoms with Gasteiger partial charge in [0.25, 0.3) is 0 Å². The number of benzene rings is 2. The van der Waals surface area contributed by atoms with E-state index < -0.39 is 28.4 Å². The first kappa shape index (κ1) is 23.5.